The van der Waals surface area contributed by atoms with Gasteiger partial charge in [0.1, 0.15) is 12.3 Å². The second kappa shape index (κ2) is 7.17. The standard InChI is InChI=1S/C25H19N3O3S/c1-27(25-26-23-17-12-13-31-20(17)10-11-21(23)32-25)22(29)14-28-18-8-4-2-6-15(18)24(30)16-7-3-5-9-19(16)28/h2-9,12-13H,10-11,14H2,1H3. The smallest absolute Gasteiger partial charge is 0.248 e. The Balaban J connectivity index is 1.41. The van der Waals surface area contributed by atoms with E-state index in [9.17, 15) is 9.59 Å². The number of aryl methyl sites for hydroxylation is 2. The first-order valence-corrected chi connectivity index (χ1v) is 11.3. The van der Waals surface area contributed by atoms with Crippen LogP contribution in [0.25, 0.3) is 33.1 Å². The molecule has 1 amide bonds. The Morgan fingerprint density at radius 2 is 1.75 bits per heavy atom. The van der Waals surface area contributed by atoms with E-state index in [1.807, 2.05) is 59.2 Å². The Morgan fingerprint density at radius 1 is 1.06 bits per heavy atom. The first-order valence-electron chi connectivity index (χ1n) is 10.4. The van der Waals surface area contributed by atoms with Crippen molar-refractivity contribution in [3.63, 3.8) is 0 Å². The van der Waals surface area contributed by atoms with Gasteiger partial charge in [0.25, 0.3) is 0 Å². The van der Waals surface area contributed by atoms with Gasteiger partial charge in [-0.25, -0.2) is 4.98 Å². The van der Waals surface area contributed by atoms with Crippen molar-refractivity contribution in [3.8, 4) is 11.3 Å². The highest BCUT2D eigenvalue weighted by molar-refractivity contribution is 7.16. The molecule has 0 N–H and O–H groups in total. The fourth-order valence-electron chi connectivity index (χ4n) is 4.43. The molecule has 5 aromatic rings. The zero-order valence-corrected chi connectivity index (χ0v) is 18.2. The van der Waals surface area contributed by atoms with Crippen LogP contribution in [0.15, 0.2) is 70.1 Å². The van der Waals surface area contributed by atoms with E-state index in [1.165, 1.54) is 4.88 Å². The van der Waals surface area contributed by atoms with Crippen molar-refractivity contribution in [2.75, 3.05) is 11.9 Å². The lowest BCUT2D eigenvalue weighted by Crippen LogP contribution is -2.30. The number of carbonyl (C=O) groups excluding carboxylic acids is 1. The van der Waals surface area contributed by atoms with Gasteiger partial charge in [-0.1, -0.05) is 24.3 Å². The summed E-state index contributed by atoms with van der Waals surface area (Å²) in [6.45, 7) is 0.110. The summed E-state index contributed by atoms with van der Waals surface area (Å²) in [6, 6.07) is 16.8. The number of amides is 1. The predicted molar refractivity (Wildman–Crippen MR) is 126 cm³/mol. The number of thiazole rings is 1. The van der Waals surface area contributed by atoms with Crippen molar-refractivity contribution in [3.05, 3.63) is 81.7 Å². The van der Waals surface area contributed by atoms with Gasteiger partial charge in [-0.15, -0.1) is 11.3 Å². The third-order valence-corrected chi connectivity index (χ3v) is 7.29. The van der Waals surface area contributed by atoms with Crippen molar-refractivity contribution in [2.24, 2.45) is 0 Å². The summed E-state index contributed by atoms with van der Waals surface area (Å²) in [5, 5.41) is 1.89. The Hall–Kier alpha value is -3.71. The van der Waals surface area contributed by atoms with Gasteiger partial charge in [0.15, 0.2) is 10.6 Å². The second-order valence-electron chi connectivity index (χ2n) is 7.93. The SMILES string of the molecule is CN(C(=O)Cn1c2ccccc2c(=O)c2ccccc21)c1nc2c(s1)CCc1occc1-2. The van der Waals surface area contributed by atoms with Crippen molar-refractivity contribution in [1.29, 1.82) is 0 Å². The Labute approximate surface area is 187 Å². The molecule has 7 heteroatoms. The fourth-order valence-corrected chi connectivity index (χ4v) is 5.48. The molecule has 0 bridgehead atoms. The molecule has 158 valence electrons. The molecule has 0 radical (unpaired) electrons. The molecule has 6 rings (SSSR count). The summed E-state index contributed by atoms with van der Waals surface area (Å²) in [5.41, 5.74) is 3.42. The van der Waals surface area contributed by atoms with Crippen LogP contribution in [0, 0.1) is 0 Å². The first-order chi connectivity index (χ1) is 15.6. The van der Waals surface area contributed by atoms with Gasteiger partial charge in [0.05, 0.1) is 23.0 Å². The highest BCUT2D eigenvalue weighted by atomic mass is 32.1. The number of carbonyl (C=O) groups is 1. The summed E-state index contributed by atoms with van der Waals surface area (Å²) in [5.74, 6) is 0.858. The Bertz CT molecular complexity index is 1520. The number of hydrogen-bond donors (Lipinski definition) is 0. The summed E-state index contributed by atoms with van der Waals surface area (Å²) < 4.78 is 7.48. The zero-order chi connectivity index (χ0) is 21.8. The van der Waals surface area contributed by atoms with E-state index in [1.54, 1.807) is 29.5 Å². The average Bonchev–Trinajstić information content (AvgIpc) is 3.47. The van der Waals surface area contributed by atoms with Crippen molar-refractivity contribution in [2.45, 2.75) is 19.4 Å². The molecule has 0 spiro atoms. The number of para-hydroxylation sites is 2. The van der Waals surface area contributed by atoms with Crippen LogP contribution in [-0.4, -0.2) is 22.5 Å². The quantitative estimate of drug-likeness (QED) is 0.383. The molecule has 0 unspecified atom stereocenters. The molecule has 3 aromatic heterocycles. The molecule has 6 nitrogen and oxygen atoms in total. The molecule has 0 saturated carbocycles. The fraction of sp³-hybridized carbons (Fsp3) is 0.160. The van der Waals surface area contributed by atoms with E-state index in [4.69, 9.17) is 9.40 Å². The van der Waals surface area contributed by atoms with Crippen molar-refractivity contribution < 1.29 is 9.21 Å². The number of anilines is 1. The van der Waals surface area contributed by atoms with E-state index < -0.39 is 0 Å². The lowest BCUT2D eigenvalue weighted by Gasteiger charge is -2.18. The number of hydrogen-bond acceptors (Lipinski definition) is 5. The van der Waals surface area contributed by atoms with Gasteiger partial charge in [-0.3, -0.25) is 14.5 Å². The first kappa shape index (κ1) is 19.0. The second-order valence-corrected chi connectivity index (χ2v) is 8.99. The van der Waals surface area contributed by atoms with Crippen LogP contribution in [0.3, 0.4) is 0 Å². The van der Waals surface area contributed by atoms with Crippen LogP contribution in [0.5, 0.6) is 0 Å². The van der Waals surface area contributed by atoms with Crippen LogP contribution in [-0.2, 0) is 24.2 Å². The minimum Gasteiger partial charge on any atom is -0.469 e. The molecule has 3 heterocycles. The number of rotatable bonds is 3. The summed E-state index contributed by atoms with van der Waals surface area (Å²) >= 11 is 1.55. The third-order valence-electron chi connectivity index (χ3n) is 6.10. The van der Waals surface area contributed by atoms with Gasteiger partial charge >= 0.3 is 0 Å². The molecule has 1 aliphatic carbocycles. The highest BCUT2D eigenvalue weighted by Crippen LogP contribution is 2.39. The molecule has 2 aromatic carbocycles. The predicted octanol–water partition coefficient (Wildman–Crippen LogP) is 4.63. The molecule has 0 atom stereocenters. The van der Waals surface area contributed by atoms with Crippen molar-refractivity contribution in [1.82, 2.24) is 9.55 Å². The third kappa shape index (κ3) is 2.81. The van der Waals surface area contributed by atoms with Gasteiger partial charge in [0, 0.05) is 34.7 Å². The molecular weight excluding hydrogens is 422 g/mol. The number of fused-ring (bicyclic) bond motifs is 5. The number of pyridine rings is 1. The van der Waals surface area contributed by atoms with Gasteiger partial charge in [0.2, 0.25) is 5.91 Å². The summed E-state index contributed by atoms with van der Waals surface area (Å²) in [4.78, 5) is 33.9. The van der Waals surface area contributed by atoms with E-state index in [0.29, 0.717) is 15.9 Å². The Morgan fingerprint density at radius 3 is 2.47 bits per heavy atom. The number of benzene rings is 2. The summed E-state index contributed by atoms with van der Waals surface area (Å²) in [6.07, 6.45) is 3.41. The largest absolute Gasteiger partial charge is 0.469 e. The molecule has 0 saturated heterocycles. The van der Waals surface area contributed by atoms with Crippen molar-refractivity contribution >= 4 is 44.2 Å². The number of nitrogens with zero attached hydrogens (tertiary/aromatic N) is 3. The Kier molecular flexibility index (Phi) is 4.26. The van der Waals surface area contributed by atoms with Crippen LogP contribution >= 0.6 is 11.3 Å². The van der Waals surface area contributed by atoms with Crippen LogP contribution in [0.2, 0.25) is 0 Å². The summed E-state index contributed by atoms with van der Waals surface area (Å²) in [7, 11) is 1.76. The minimum absolute atomic E-state index is 0.0169. The van der Waals surface area contributed by atoms with Crippen LogP contribution in [0.1, 0.15) is 10.6 Å². The number of likely N-dealkylation sites (N-methyl/N-ethyl adjacent to an activating group) is 1. The maximum atomic E-state index is 13.4. The molecule has 0 aliphatic heterocycles. The van der Waals surface area contributed by atoms with Crippen LogP contribution < -0.4 is 10.3 Å². The normalized spacial score (nSPS) is 12.7. The maximum Gasteiger partial charge on any atom is 0.248 e. The molecule has 32 heavy (non-hydrogen) atoms. The van der Waals surface area contributed by atoms with Gasteiger partial charge in [-0.2, -0.15) is 0 Å². The maximum absolute atomic E-state index is 13.4. The lowest BCUT2D eigenvalue weighted by atomic mass is 10.0. The minimum atomic E-state index is -0.0949. The lowest BCUT2D eigenvalue weighted by molar-refractivity contribution is -0.118. The average molecular weight is 442 g/mol. The highest BCUT2D eigenvalue weighted by Gasteiger charge is 2.26. The number of furan rings is 1. The zero-order valence-electron chi connectivity index (χ0n) is 17.4. The van der Waals surface area contributed by atoms with Gasteiger partial charge in [-0.05, 0) is 36.8 Å². The van der Waals surface area contributed by atoms with E-state index >= 15 is 0 Å². The van der Waals surface area contributed by atoms with Gasteiger partial charge < -0.3 is 8.98 Å². The van der Waals surface area contributed by atoms with Crippen LogP contribution in [0.4, 0.5) is 5.13 Å². The van der Waals surface area contributed by atoms with E-state index in [-0.39, 0.29) is 17.9 Å². The topological polar surface area (TPSA) is 68.3 Å². The van der Waals surface area contributed by atoms with E-state index in [0.717, 1.165) is 40.9 Å². The number of aromatic nitrogens is 2. The molecular formula is C25H19N3O3S. The molecule has 1 aliphatic rings. The monoisotopic (exact) mass is 441 g/mol. The van der Waals surface area contributed by atoms with E-state index in [2.05, 4.69) is 0 Å². The molecule has 0 fully saturated rings.